The van der Waals surface area contributed by atoms with Crippen molar-refractivity contribution in [3.8, 4) is 16.3 Å². The molecule has 3 fully saturated rings. The summed E-state index contributed by atoms with van der Waals surface area (Å²) in [6.45, 7) is 3.84. The van der Waals surface area contributed by atoms with E-state index in [2.05, 4.69) is 0 Å². The Labute approximate surface area is 296 Å². The number of fused-ring (bicyclic) bond motifs is 6. The predicted octanol–water partition coefficient (Wildman–Crippen LogP) is 6.98. The summed E-state index contributed by atoms with van der Waals surface area (Å²) in [6, 6.07) is 18.8. The Bertz CT molecular complexity index is 2410. The van der Waals surface area contributed by atoms with Crippen molar-refractivity contribution in [1.82, 2.24) is 14.7 Å². The first-order valence-electron chi connectivity index (χ1n) is 16.7. The average molecular weight is 705 g/mol. The number of aromatic hydroxyl groups is 1. The van der Waals surface area contributed by atoms with Gasteiger partial charge in [-0.05, 0) is 67.1 Å². The third-order valence-electron chi connectivity index (χ3n) is 12.0. The number of amides is 4. The standard InChI is InChI=1S/C39H33ClN4O5S/c1-18-25-15-20(40)10-14-29(25)50-34(18)28-17-30(43(4)41-28)44-36(47)27-16-26-22(12-13-23-31(26)37(48)42(3)35(23)46)32(39(27,2)38(44)49)24-11-9-19-7-5-6-8-21(19)33(24)45/h5-12,14-15,17,23,26-27,31-32,45H,13,16H2,1-4H3/t23-,26+,27-,31-,32+,39+/m0/s1. The number of benzene rings is 3. The molecule has 2 aromatic heterocycles. The lowest BCUT2D eigenvalue weighted by Crippen LogP contribution is -2.48. The Morgan fingerprint density at radius 3 is 2.52 bits per heavy atom. The molecule has 0 radical (unpaired) electrons. The highest BCUT2D eigenvalue weighted by atomic mass is 35.5. The van der Waals surface area contributed by atoms with Gasteiger partial charge in [0.05, 0.1) is 28.0 Å². The predicted molar refractivity (Wildman–Crippen MR) is 192 cm³/mol. The fourth-order valence-corrected chi connectivity index (χ4v) is 10.8. The molecule has 2 aliphatic carbocycles. The van der Waals surface area contributed by atoms with Crippen molar-refractivity contribution in [1.29, 1.82) is 0 Å². The number of likely N-dealkylation sites (tertiary alicyclic amines) is 1. The quantitative estimate of drug-likeness (QED) is 0.160. The minimum atomic E-state index is -1.29. The molecule has 4 amide bonds. The summed E-state index contributed by atoms with van der Waals surface area (Å²) in [5, 5.41) is 19.8. The van der Waals surface area contributed by atoms with Gasteiger partial charge in [-0.25, -0.2) is 4.90 Å². The lowest BCUT2D eigenvalue weighted by molar-refractivity contribution is -0.138. The number of phenols is 1. The number of anilines is 1. The van der Waals surface area contributed by atoms with Crippen LogP contribution in [0.2, 0.25) is 5.02 Å². The highest BCUT2D eigenvalue weighted by Crippen LogP contribution is 2.64. The number of aryl methyl sites for hydroxylation is 2. The van der Waals surface area contributed by atoms with Crippen LogP contribution >= 0.6 is 22.9 Å². The summed E-state index contributed by atoms with van der Waals surface area (Å²) in [5.74, 6) is -3.96. The van der Waals surface area contributed by atoms with Crippen LogP contribution in [0.1, 0.15) is 36.8 Å². The van der Waals surface area contributed by atoms with E-state index < -0.39 is 35.0 Å². The van der Waals surface area contributed by atoms with Gasteiger partial charge in [-0.15, -0.1) is 11.3 Å². The zero-order chi connectivity index (χ0) is 35.0. The highest BCUT2D eigenvalue weighted by Gasteiger charge is 2.68. The number of phenolic OH excluding ortho intramolecular Hbond substituents is 1. The van der Waals surface area contributed by atoms with Crippen LogP contribution in [0.25, 0.3) is 31.4 Å². The van der Waals surface area contributed by atoms with Crippen molar-refractivity contribution in [2.45, 2.75) is 32.6 Å². The van der Waals surface area contributed by atoms with Crippen LogP contribution in [0.4, 0.5) is 5.82 Å². The molecule has 1 saturated carbocycles. The topological polar surface area (TPSA) is 113 Å². The molecule has 9 nitrogen and oxygen atoms in total. The molecule has 4 aliphatic rings. The molecule has 3 aromatic carbocycles. The normalized spacial score (nSPS) is 27.7. The molecule has 11 heteroatoms. The summed E-state index contributed by atoms with van der Waals surface area (Å²) in [7, 11) is 3.24. The number of hydrogen-bond donors (Lipinski definition) is 1. The third kappa shape index (κ3) is 3.97. The smallest absolute Gasteiger partial charge is 0.242 e. The van der Waals surface area contributed by atoms with E-state index >= 15 is 4.79 Å². The molecule has 50 heavy (non-hydrogen) atoms. The van der Waals surface area contributed by atoms with Crippen LogP contribution in [-0.4, -0.2) is 50.5 Å². The monoisotopic (exact) mass is 704 g/mol. The first-order chi connectivity index (χ1) is 23.9. The van der Waals surface area contributed by atoms with E-state index in [-0.39, 0.29) is 35.8 Å². The summed E-state index contributed by atoms with van der Waals surface area (Å²) in [4.78, 5) is 60.0. The van der Waals surface area contributed by atoms with Gasteiger partial charge >= 0.3 is 0 Å². The summed E-state index contributed by atoms with van der Waals surface area (Å²) in [5.41, 5.74) is 1.72. The number of nitrogens with zero attached hydrogens (tertiary/aromatic N) is 4. The van der Waals surface area contributed by atoms with E-state index in [4.69, 9.17) is 16.7 Å². The maximum atomic E-state index is 15.1. The number of thiophene rings is 1. The van der Waals surface area contributed by atoms with E-state index in [0.717, 1.165) is 31.5 Å². The number of rotatable bonds is 3. The molecular formula is C39H33ClN4O5S. The number of carbonyl (C=O) groups is 4. The summed E-state index contributed by atoms with van der Waals surface area (Å²) in [6.07, 6.45) is 2.59. The number of halogens is 1. The van der Waals surface area contributed by atoms with Gasteiger partial charge in [0.25, 0.3) is 0 Å². The Morgan fingerprint density at radius 2 is 1.72 bits per heavy atom. The molecule has 0 bridgehead atoms. The number of hydrogen-bond acceptors (Lipinski definition) is 7. The van der Waals surface area contributed by atoms with E-state index in [1.807, 2.05) is 74.5 Å². The first kappa shape index (κ1) is 31.2. The molecule has 0 unspecified atom stereocenters. The molecule has 1 N–H and O–H groups in total. The second-order valence-corrected chi connectivity index (χ2v) is 15.8. The van der Waals surface area contributed by atoms with Gasteiger partial charge in [0.1, 0.15) is 17.3 Å². The highest BCUT2D eigenvalue weighted by molar-refractivity contribution is 7.22. The number of carbonyl (C=O) groups excluding carboxylic acids is 4. The van der Waals surface area contributed by atoms with Crippen LogP contribution < -0.4 is 4.90 Å². The van der Waals surface area contributed by atoms with Gasteiger partial charge in [-0.1, -0.05) is 59.6 Å². The van der Waals surface area contributed by atoms with Crippen molar-refractivity contribution in [3.05, 3.63) is 88.5 Å². The molecule has 5 aromatic rings. The number of imide groups is 2. The van der Waals surface area contributed by atoms with Crippen LogP contribution in [0, 0.1) is 36.0 Å². The lowest BCUT2D eigenvalue weighted by atomic mass is 9.51. The van der Waals surface area contributed by atoms with Gasteiger partial charge in [0.15, 0.2) is 0 Å². The molecule has 252 valence electrons. The fourth-order valence-electron chi connectivity index (χ4n) is 9.46. The molecule has 4 heterocycles. The Kier molecular flexibility index (Phi) is 6.62. The van der Waals surface area contributed by atoms with Gasteiger partial charge in [-0.3, -0.25) is 28.8 Å². The minimum Gasteiger partial charge on any atom is -0.507 e. The summed E-state index contributed by atoms with van der Waals surface area (Å²) < 4.78 is 2.63. The van der Waals surface area contributed by atoms with Crippen molar-refractivity contribution in [3.63, 3.8) is 0 Å². The summed E-state index contributed by atoms with van der Waals surface area (Å²) >= 11 is 7.88. The molecule has 2 saturated heterocycles. The minimum absolute atomic E-state index is 0.0459. The van der Waals surface area contributed by atoms with Crippen molar-refractivity contribution < 1.29 is 24.3 Å². The Morgan fingerprint density at radius 1 is 0.940 bits per heavy atom. The van der Waals surface area contributed by atoms with Gasteiger partial charge < -0.3 is 5.11 Å². The molecule has 9 rings (SSSR count). The second-order valence-electron chi connectivity index (χ2n) is 14.3. The third-order valence-corrected chi connectivity index (χ3v) is 13.5. The van der Waals surface area contributed by atoms with Crippen molar-refractivity contribution in [2.24, 2.45) is 36.1 Å². The van der Waals surface area contributed by atoms with E-state index in [1.54, 1.807) is 29.1 Å². The van der Waals surface area contributed by atoms with Crippen LogP contribution in [0.5, 0.6) is 5.75 Å². The van der Waals surface area contributed by atoms with E-state index in [9.17, 15) is 19.5 Å². The first-order valence-corrected chi connectivity index (χ1v) is 17.9. The molecule has 0 spiro atoms. The maximum absolute atomic E-state index is 15.1. The molecular weight excluding hydrogens is 672 g/mol. The second kappa shape index (κ2) is 10.6. The van der Waals surface area contributed by atoms with Crippen LogP contribution in [-0.2, 0) is 26.2 Å². The van der Waals surface area contributed by atoms with Crippen LogP contribution in [0.3, 0.4) is 0 Å². The van der Waals surface area contributed by atoms with E-state index in [1.165, 1.54) is 16.8 Å². The largest absolute Gasteiger partial charge is 0.507 e. The number of aromatic nitrogens is 2. The number of allylic oxidation sites excluding steroid dienone is 2. The van der Waals surface area contributed by atoms with Crippen LogP contribution in [0.15, 0.2) is 72.3 Å². The average Bonchev–Trinajstić information content (AvgIpc) is 3.76. The zero-order valence-corrected chi connectivity index (χ0v) is 29.4. The van der Waals surface area contributed by atoms with Crippen molar-refractivity contribution >= 4 is 73.2 Å². The SMILES string of the molecule is Cc1c(-c2cc(N3C(=O)[C@@H]4C[C@@H]5C(=CC[C@@H]6C(=O)N(C)C(=O)[C@@H]65)[C@H](c5ccc6ccccc6c5O)[C@]4(C)C3=O)n(C)n2)sc2ccc(Cl)cc12. The molecule has 6 atom stereocenters. The van der Waals surface area contributed by atoms with Gasteiger partial charge in [0.2, 0.25) is 23.6 Å². The maximum Gasteiger partial charge on any atom is 0.242 e. The molecule has 2 aliphatic heterocycles. The van der Waals surface area contributed by atoms with E-state index in [0.29, 0.717) is 33.9 Å². The Hall–Kier alpha value is -4.80. The fraction of sp³-hybridized carbons (Fsp3) is 0.308. The zero-order valence-electron chi connectivity index (χ0n) is 27.8. The van der Waals surface area contributed by atoms with Crippen molar-refractivity contribution in [2.75, 3.05) is 11.9 Å². The lowest BCUT2D eigenvalue weighted by Gasteiger charge is -2.49. The van der Waals surface area contributed by atoms with Gasteiger partial charge in [-0.2, -0.15) is 5.10 Å². The van der Waals surface area contributed by atoms with Gasteiger partial charge in [0, 0.05) is 46.8 Å². The Balaban J connectivity index is 1.20.